The summed E-state index contributed by atoms with van der Waals surface area (Å²) in [5.41, 5.74) is 2.05. The monoisotopic (exact) mass is 353 g/mol. The molecule has 5 heteroatoms. The molecule has 0 unspecified atom stereocenters. The molecule has 2 aliphatic rings. The number of nitrogens with zero attached hydrogens (tertiary/aromatic N) is 1. The Hall–Kier alpha value is -2.53. The molecule has 0 aliphatic carbocycles. The van der Waals surface area contributed by atoms with E-state index in [0.717, 1.165) is 35.5 Å². The zero-order valence-corrected chi connectivity index (χ0v) is 14.9. The van der Waals surface area contributed by atoms with Crippen molar-refractivity contribution in [3.8, 4) is 11.5 Å². The Morgan fingerprint density at radius 1 is 1.15 bits per heavy atom. The van der Waals surface area contributed by atoms with Gasteiger partial charge in [0.1, 0.15) is 6.10 Å². The summed E-state index contributed by atoms with van der Waals surface area (Å²) in [6, 6.07) is 15.8. The third-order valence-electron chi connectivity index (χ3n) is 5.06. The molecule has 0 saturated carbocycles. The number of para-hydroxylation sites is 1. The van der Waals surface area contributed by atoms with Crippen molar-refractivity contribution in [1.82, 2.24) is 4.90 Å². The zero-order chi connectivity index (χ0) is 17.9. The standard InChI is InChI=1S/C21H23NO4/c1-15(16-7-3-2-4-8-16)22(21(23)19-11-6-12-24-19)13-17-9-5-10-18-20(17)26-14-25-18/h2-5,7-10,15,19H,6,11-14H2,1H3/t15-,19+/m1/s1. The largest absolute Gasteiger partial charge is 0.454 e. The quantitative estimate of drug-likeness (QED) is 0.823. The summed E-state index contributed by atoms with van der Waals surface area (Å²) in [5.74, 6) is 1.51. The number of fused-ring (bicyclic) bond motifs is 1. The average molecular weight is 353 g/mol. The van der Waals surface area contributed by atoms with Gasteiger partial charge in [0.15, 0.2) is 11.5 Å². The van der Waals surface area contributed by atoms with Crippen molar-refractivity contribution in [1.29, 1.82) is 0 Å². The van der Waals surface area contributed by atoms with Gasteiger partial charge in [-0.3, -0.25) is 4.79 Å². The fraction of sp³-hybridized carbons (Fsp3) is 0.381. The Kier molecular flexibility index (Phi) is 4.80. The summed E-state index contributed by atoms with van der Waals surface area (Å²) < 4.78 is 16.8. The summed E-state index contributed by atoms with van der Waals surface area (Å²) in [7, 11) is 0. The smallest absolute Gasteiger partial charge is 0.252 e. The van der Waals surface area contributed by atoms with Crippen molar-refractivity contribution in [3.05, 3.63) is 59.7 Å². The Balaban J connectivity index is 1.64. The van der Waals surface area contributed by atoms with Gasteiger partial charge < -0.3 is 19.1 Å². The van der Waals surface area contributed by atoms with E-state index >= 15 is 0 Å². The summed E-state index contributed by atoms with van der Waals surface area (Å²) >= 11 is 0. The molecule has 0 spiro atoms. The van der Waals surface area contributed by atoms with Crippen molar-refractivity contribution in [2.75, 3.05) is 13.4 Å². The van der Waals surface area contributed by atoms with Crippen molar-refractivity contribution in [2.24, 2.45) is 0 Å². The SMILES string of the molecule is C[C@H](c1ccccc1)N(Cc1cccc2c1OCO2)C(=O)[C@@H]1CCCO1. The lowest BCUT2D eigenvalue weighted by Gasteiger charge is -2.32. The van der Waals surface area contributed by atoms with E-state index in [-0.39, 0.29) is 24.8 Å². The molecule has 0 N–H and O–H groups in total. The Morgan fingerprint density at radius 2 is 2.00 bits per heavy atom. The van der Waals surface area contributed by atoms with Gasteiger partial charge in [0.2, 0.25) is 6.79 Å². The van der Waals surface area contributed by atoms with Gasteiger partial charge in [-0.15, -0.1) is 0 Å². The zero-order valence-electron chi connectivity index (χ0n) is 14.9. The lowest BCUT2D eigenvalue weighted by Crippen LogP contribution is -2.40. The summed E-state index contributed by atoms with van der Waals surface area (Å²) in [6.07, 6.45) is 1.36. The molecule has 1 saturated heterocycles. The second-order valence-electron chi connectivity index (χ2n) is 6.71. The van der Waals surface area contributed by atoms with E-state index in [2.05, 4.69) is 19.1 Å². The maximum Gasteiger partial charge on any atom is 0.252 e. The van der Waals surface area contributed by atoms with Gasteiger partial charge >= 0.3 is 0 Å². The maximum absolute atomic E-state index is 13.2. The second-order valence-corrected chi connectivity index (χ2v) is 6.71. The van der Waals surface area contributed by atoms with E-state index in [0.29, 0.717) is 13.2 Å². The first-order valence-electron chi connectivity index (χ1n) is 9.08. The number of hydrogen-bond acceptors (Lipinski definition) is 4. The lowest BCUT2D eigenvalue weighted by molar-refractivity contribution is -0.144. The van der Waals surface area contributed by atoms with Crippen LogP contribution in [0.3, 0.4) is 0 Å². The van der Waals surface area contributed by atoms with Gasteiger partial charge in [0.05, 0.1) is 12.6 Å². The molecular weight excluding hydrogens is 330 g/mol. The highest BCUT2D eigenvalue weighted by atomic mass is 16.7. The van der Waals surface area contributed by atoms with Crippen LogP contribution >= 0.6 is 0 Å². The van der Waals surface area contributed by atoms with Crippen LogP contribution in [-0.2, 0) is 16.1 Å². The highest BCUT2D eigenvalue weighted by Crippen LogP contribution is 2.37. The number of ether oxygens (including phenoxy) is 3. The molecule has 1 amide bonds. The van der Waals surface area contributed by atoms with E-state index < -0.39 is 0 Å². The van der Waals surface area contributed by atoms with Gasteiger partial charge in [-0.05, 0) is 31.4 Å². The molecule has 136 valence electrons. The van der Waals surface area contributed by atoms with Crippen LogP contribution in [0.15, 0.2) is 48.5 Å². The third kappa shape index (κ3) is 3.27. The maximum atomic E-state index is 13.2. The number of carbonyl (C=O) groups excluding carboxylic acids is 1. The van der Waals surface area contributed by atoms with E-state index in [1.807, 2.05) is 41.3 Å². The van der Waals surface area contributed by atoms with Gasteiger partial charge in [-0.2, -0.15) is 0 Å². The van der Waals surface area contributed by atoms with Crippen molar-refractivity contribution in [2.45, 2.75) is 38.5 Å². The molecule has 0 aromatic heterocycles. The van der Waals surface area contributed by atoms with Crippen LogP contribution in [0.4, 0.5) is 0 Å². The molecule has 2 aliphatic heterocycles. The number of amides is 1. The summed E-state index contributed by atoms with van der Waals surface area (Å²) in [5, 5.41) is 0. The van der Waals surface area contributed by atoms with Gasteiger partial charge in [0, 0.05) is 12.2 Å². The van der Waals surface area contributed by atoms with Gasteiger partial charge in [-0.25, -0.2) is 0 Å². The van der Waals surface area contributed by atoms with Crippen LogP contribution in [0, 0.1) is 0 Å². The highest BCUT2D eigenvalue weighted by Gasteiger charge is 2.32. The molecule has 0 bridgehead atoms. The highest BCUT2D eigenvalue weighted by molar-refractivity contribution is 5.81. The molecule has 2 aromatic rings. The van der Waals surface area contributed by atoms with Crippen molar-refractivity contribution >= 4 is 5.91 Å². The first kappa shape index (κ1) is 16.9. The Bertz CT molecular complexity index is 771. The van der Waals surface area contributed by atoms with Gasteiger partial charge in [-0.1, -0.05) is 42.5 Å². The lowest BCUT2D eigenvalue weighted by atomic mass is 10.0. The Morgan fingerprint density at radius 3 is 2.77 bits per heavy atom. The number of rotatable bonds is 5. The van der Waals surface area contributed by atoms with Crippen LogP contribution in [0.1, 0.15) is 36.9 Å². The van der Waals surface area contributed by atoms with Crippen molar-refractivity contribution < 1.29 is 19.0 Å². The first-order valence-corrected chi connectivity index (χ1v) is 9.08. The van der Waals surface area contributed by atoms with Gasteiger partial charge in [0.25, 0.3) is 5.91 Å². The fourth-order valence-corrected chi connectivity index (χ4v) is 3.57. The minimum Gasteiger partial charge on any atom is -0.454 e. The number of carbonyl (C=O) groups is 1. The van der Waals surface area contributed by atoms with Crippen LogP contribution in [0.2, 0.25) is 0 Å². The first-order chi connectivity index (χ1) is 12.7. The van der Waals surface area contributed by atoms with Crippen molar-refractivity contribution in [3.63, 3.8) is 0 Å². The topological polar surface area (TPSA) is 48.0 Å². The molecule has 2 heterocycles. The molecule has 0 radical (unpaired) electrons. The molecule has 2 aromatic carbocycles. The van der Waals surface area contributed by atoms with Crippen LogP contribution in [0.25, 0.3) is 0 Å². The molecule has 26 heavy (non-hydrogen) atoms. The average Bonchev–Trinajstić information content (AvgIpc) is 3.37. The predicted molar refractivity (Wildman–Crippen MR) is 96.9 cm³/mol. The number of hydrogen-bond donors (Lipinski definition) is 0. The van der Waals surface area contributed by atoms with E-state index in [4.69, 9.17) is 14.2 Å². The fourth-order valence-electron chi connectivity index (χ4n) is 3.57. The Labute approximate surface area is 153 Å². The summed E-state index contributed by atoms with van der Waals surface area (Å²) in [6.45, 7) is 3.39. The molecule has 4 rings (SSSR count). The molecule has 5 nitrogen and oxygen atoms in total. The van der Waals surface area contributed by atoms with E-state index in [1.54, 1.807) is 0 Å². The van der Waals surface area contributed by atoms with Crippen LogP contribution < -0.4 is 9.47 Å². The minimum absolute atomic E-state index is 0.0374. The second kappa shape index (κ2) is 7.38. The van der Waals surface area contributed by atoms with E-state index in [1.165, 1.54) is 0 Å². The van der Waals surface area contributed by atoms with E-state index in [9.17, 15) is 4.79 Å². The molecule has 1 fully saturated rings. The molecule has 2 atom stereocenters. The normalized spacial score (nSPS) is 19.3. The predicted octanol–water partition coefficient (Wildman–Crippen LogP) is 3.68. The number of benzene rings is 2. The summed E-state index contributed by atoms with van der Waals surface area (Å²) in [4.78, 5) is 15.1. The minimum atomic E-state index is -0.352. The third-order valence-corrected chi connectivity index (χ3v) is 5.06. The van der Waals surface area contributed by atoms with Crippen LogP contribution in [-0.4, -0.2) is 30.3 Å². The van der Waals surface area contributed by atoms with Crippen LogP contribution in [0.5, 0.6) is 11.5 Å². The molecular formula is C21H23NO4.